The SMILES string of the molecule is CC(C)[Si](OCC1(c2cccc(Br)c2)CC1)(C(C)C)C(C)C. The highest BCUT2D eigenvalue weighted by molar-refractivity contribution is 9.10. The van der Waals surface area contributed by atoms with E-state index in [1.807, 2.05) is 0 Å². The molecule has 0 unspecified atom stereocenters. The van der Waals surface area contributed by atoms with E-state index in [0.717, 1.165) is 6.61 Å². The quantitative estimate of drug-likeness (QED) is 0.478. The van der Waals surface area contributed by atoms with Crippen LogP contribution in [0.25, 0.3) is 0 Å². The first kappa shape index (κ1) is 18.2. The van der Waals surface area contributed by atoms with Crippen molar-refractivity contribution < 1.29 is 4.43 Å². The van der Waals surface area contributed by atoms with Crippen LogP contribution in [0.15, 0.2) is 28.7 Å². The molecule has 1 fully saturated rings. The first-order chi connectivity index (χ1) is 10.2. The minimum Gasteiger partial charge on any atom is -0.415 e. The van der Waals surface area contributed by atoms with Crippen LogP contribution in [0.1, 0.15) is 59.9 Å². The molecule has 0 spiro atoms. The van der Waals surface area contributed by atoms with Crippen LogP contribution >= 0.6 is 15.9 Å². The Morgan fingerprint density at radius 2 is 1.59 bits per heavy atom. The fraction of sp³-hybridized carbons (Fsp3) is 0.684. The van der Waals surface area contributed by atoms with Crippen LogP contribution in [0.2, 0.25) is 16.6 Å². The second-order valence-electron chi connectivity index (χ2n) is 7.90. The molecule has 0 radical (unpaired) electrons. The van der Waals surface area contributed by atoms with E-state index in [1.54, 1.807) is 0 Å². The van der Waals surface area contributed by atoms with Gasteiger partial charge in [0.15, 0.2) is 8.32 Å². The average molecular weight is 383 g/mol. The van der Waals surface area contributed by atoms with Gasteiger partial charge in [0.1, 0.15) is 0 Å². The molecule has 3 heteroatoms. The van der Waals surface area contributed by atoms with E-state index in [-0.39, 0.29) is 5.41 Å². The molecule has 0 saturated heterocycles. The van der Waals surface area contributed by atoms with Crippen LogP contribution in [0.4, 0.5) is 0 Å². The fourth-order valence-electron chi connectivity index (χ4n) is 4.25. The van der Waals surface area contributed by atoms with Gasteiger partial charge >= 0.3 is 0 Å². The molecule has 22 heavy (non-hydrogen) atoms. The molecule has 0 aromatic heterocycles. The van der Waals surface area contributed by atoms with Crippen LogP contribution < -0.4 is 0 Å². The van der Waals surface area contributed by atoms with E-state index in [0.29, 0.717) is 16.6 Å². The van der Waals surface area contributed by atoms with Crippen LogP contribution in [-0.2, 0) is 9.84 Å². The average Bonchev–Trinajstić information content (AvgIpc) is 3.19. The number of halogens is 1. The van der Waals surface area contributed by atoms with Gasteiger partial charge in [-0.25, -0.2) is 0 Å². The highest BCUT2D eigenvalue weighted by Gasteiger charge is 2.50. The molecule has 124 valence electrons. The number of hydrogen-bond acceptors (Lipinski definition) is 1. The first-order valence-corrected chi connectivity index (χ1v) is 11.6. The second kappa shape index (κ2) is 6.78. The fourth-order valence-corrected chi connectivity index (χ4v) is 10.2. The third kappa shape index (κ3) is 3.37. The monoisotopic (exact) mass is 382 g/mol. The van der Waals surface area contributed by atoms with Gasteiger partial charge in [0.2, 0.25) is 0 Å². The summed E-state index contributed by atoms with van der Waals surface area (Å²) in [6, 6.07) is 8.80. The predicted octanol–water partition coefficient (Wildman–Crippen LogP) is 6.67. The van der Waals surface area contributed by atoms with Gasteiger partial charge in [-0.15, -0.1) is 0 Å². The Bertz CT molecular complexity index is 484. The molecule has 0 atom stereocenters. The summed E-state index contributed by atoms with van der Waals surface area (Å²) >= 11 is 3.61. The molecule has 1 aromatic rings. The lowest BCUT2D eigenvalue weighted by Crippen LogP contribution is -2.49. The molecule has 1 saturated carbocycles. The van der Waals surface area contributed by atoms with E-state index < -0.39 is 8.32 Å². The molecule has 1 aromatic carbocycles. The number of hydrogen-bond donors (Lipinski definition) is 0. The molecular weight excluding hydrogens is 352 g/mol. The molecule has 0 amide bonds. The van der Waals surface area contributed by atoms with Crippen molar-refractivity contribution in [1.29, 1.82) is 0 Å². The molecule has 1 nitrogen and oxygen atoms in total. The van der Waals surface area contributed by atoms with Gasteiger partial charge in [0, 0.05) is 16.5 Å². The molecule has 0 heterocycles. The van der Waals surface area contributed by atoms with Gasteiger partial charge < -0.3 is 4.43 Å². The maximum absolute atomic E-state index is 6.86. The third-order valence-corrected chi connectivity index (χ3v) is 12.1. The van der Waals surface area contributed by atoms with Crippen LogP contribution in [0.3, 0.4) is 0 Å². The number of benzene rings is 1. The van der Waals surface area contributed by atoms with Gasteiger partial charge in [-0.3, -0.25) is 0 Å². The maximum atomic E-state index is 6.86. The normalized spacial score (nSPS) is 17.5. The predicted molar refractivity (Wildman–Crippen MR) is 102 cm³/mol. The summed E-state index contributed by atoms with van der Waals surface area (Å²) in [5, 5.41) is 0. The van der Waals surface area contributed by atoms with Crippen molar-refractivity contribution in [3.05, 3.63) is 34.3 Å². The summed E-state index contributed by atoms with van der Waals surface area (Å²) in [5.41, 5.74) is 3.70. The van der Waals surface area contributed by atoms with E-state index >= 15 is 0 Å². The Morgan fingerprint density at radius 1 is 1.05 bits per heavy atom. The van der Waals surface area contributed by atoms with E-state index in [2.05, 4.69) is 81.7 Å². The summed E-state index contributed by atoms with van der Waals surface area (Å²) in [4.78, 5) is 0. The minimum absolute atomic E-state index is 0.278. The molecule has 0 N–H and O–H groups in total. The minimum atomic E-state index is -1.76. The zero-order valence-electron chi connectivity index (χ0n) is 14.9. The largest absolute Gasteiger partial charge is 0.415 e. The first-order valence-electron chi connectivity index (χ1n) is 8.64. The topological polar surface area (TPSA) is 9.23 Å². The Morgan fingerprint density at radius 3 is 2.00 bits per heavy atom. The molecule has 2 rings (SSSR count). The molecule has 0 aliphatic heterocycles. The summed E-state index contributed by atoms with van der Waals surface area (Å²) < 4.78 is 8.04. The standard InChI is InChI=1S/C19H31BrOSi/c1-14(2)22(15(3)4,16(5)6)21-13-19(10-11-19)17-8-7-9-18(20)12-17/h7-9,12,14-16H,10-11,13H2,1-6H3. The maximum Gasteiger partial charge on any atom is 0.200 e. The van der Waals surface area contributed by atoms with E-state index in [9.17, 15) is 0 Å². The number of rotatable bonds is 7. The molecule has 1 aliphatic carbocycles. The van der Waals surface area contributed by atoms with Crippen molar-refractivity contribution in [2.45, 2.75) is 76.4 Å². The smallest absolute Gasteiger partial charge is 0.200 e. The van der Waals surface area contributed by atoms with Crippen molar-refractivity contribution in [1.82, 2.24) is 0 Å². The van der Waals surface area contributed by atoms with Gasteiger partial charge in [-0.2, -0.15) is 0 Å². The molecule has 1 aliphatic rings. The van der Waals surface area contributed by atoms with Crippen LogP contribution in [0, 0.1) is 0 Å². The zero-order valence-corrected chi connectivity index (χ0v) is 17.5. The summed E-state index contributed by atoms with van der Waals surface area (Å²) in [7, 11) is -1.76. The molecular formula is C19H31BrOSi. The van der Waals surface area contributed by atoms with Gasteiger partial charge in [-0.1, -0.05) is 69.6 Å². The van der Waals surface area contributed by atoms with E-state index in [4.69, 9.17) is 4.43 Å². The third-order valence-electron chi connectivity index (χ3n) is 5.60. The summed E-state index contributed by atoms with van der Waals surface area (Å²) in [5.74, 6) is 0. The lowest BCUT2D eigenvalue weighted by atomic mass is 9.97. The van der Waals surface area contributed by atoms with Gasteiger partial charge in [0.25, 0.3) is 0 Å². The lowest BCUT2D eigenvalue weighted by Gasteiger charge is -2.43. The zero-order chi connectivity index (χ0) is 16.5. The van der Waals surface area contributed by atoms with Gasteiger partial charge in [0.05, 0.1) is 0 Å². The van der Waals surface area contributed by atoms with Gasteiger partial charge in [-0.05, 0) is 47.2 Å². The Hall–Kier alpha value is -0.123. The van der Waals surface area contributed by atoms with Crippen molar-refractivity contribution in [3.8, 4) is 0 Å². The van der Waals surface area contributed by atoms with Crippen molar-refractivity contribution >= 4 is 24.2 Å². The highest BCUT2D eigenvalue weighted by Crippen LogP contribution is 2.51. The van der Waals surface area contributed by atoms with E-state index in [1.165, 1.54) is 22.9 Å². The molecule has 0 bridgehead atoms. The van der Waals surface area contributed by atoms with Crippen molar-refractivity contribution in [2.75, 3.05) is 6.61 Å². The lowest BCUT2D eigenvalue weighted by molar-refractivity contribution is 0.244. The Labute approximate surface area is 146 Å². The van der Waals surface area contributed by atoms with Crippen molar-refractivity contribution in [3.63, 3.8) is 0 Å². The van der Waals surface area contributed by atoms with Crippen molar-refractivity contribution in [2.24, 2.45) is 0 Å². The Balaban J connectivity index is 2.19. The van der Waals surface area contributed by atoms with Crippen LogP contribution in [-0.4, -0.2) is 14.9 Å². The summed E-state index contributed by atoms with van der Waals surface area (Å²) in [6.07, 6.45) is 2.53. The van der Waals surface area contributed by atoms with Crippen LogP contribution in [0.5, 0.6) is 0 Å². The second-order valence-corrected chi connectivity index (χ2v) is 14.3. The summed E-state index contributed by atoms with van der Waals surface area (Å²) in [6.45, 7) is 15.1. The Kier molecular flexibility index (Phi) is 5.62. The highest BCUT2D eigenvalue weighted by atomic mass is 79.9.